The van der Waals surface area contributed by atoms with Gasteiger partial charge >= 0.3 is 0 Å². The van der Waals surface area contributed by atoms with Crippen molar-refractivity contribution in [3.63, 3.8) is 0 Å². The zero-order valence-corrected chi connectivity index (χ0v) is 15.9. The maximum atomic E-state index is 12.5. The molecule has 0 spiro atoms. The van der Waals surface area contributed by atoms with E-state index in [1.165, 1.54) is 11.8 Å². The molecule has 0 bridgehead atoms. The second kappa shape index (κ2) is 8.39. The molecule has 0 aliphatic heterocycles. The molecule has 0 fully saturated rings. The van der Waals surface area contributed by atoms with Gasteiger partial charge in [0.2, 0.25) is 0 Å². The number of ether oxygens (including phenoxy) is 1. The van der Waals surface area contributed by atoms with Crippen LogP contribution in [0.15, 0.2) is 85.3 Å². The Balaban J connectivity index is 1.39. The van der Waals surface area contributed by atoms with E-state index < -0.39 is 0 Å². The van der Waals surface area contributed by atoms with Crippen LogP contribution in [-0.2, 0) is 6.54 Å². The van der Waals surface area contributed by atoms with Crippen LogP contribution in [0.1, 0.15) is 15.9 Å². The van der Waals surface area contributed by atoms with Crippen LogP contribution in [0.4, 0.5) is 0 Å². The van der Waals surface area contributed by atoms with E-state index in [9.17, 15) is 4.79 Å². The summed E-state index contributed by atoms with van der Waals surface area (Å²) >= 11 is 0. The summed E-state index contributed by atoms with van der Waals surface area (Å²) in [5.74, 6) is 1.07. The Kier molecular flexibility index (Phi) is 5.33. The van der Waals surface area contributed by atoms with Gasteiger partial charge < -0.3 is 10.1 Å². The van der Waals surface area contributed by atoms with Gasteiger partial charge in [0, 0.05) is 25.0 Å². The fraction of sp³-hybridized carbons (Fsp3) is 0.0870. The quantitative estimate of drug-likeness (QED) is 0.548. The highest BCUT2D eigenvalue weighted by Gasteiger charge is 2.10. The molecule has 0 atom stereocenters. The van der Waals surface area contributed by atoms with E-state index in [0.29, 0.717) is 23.7 Å². The van der Waals surface area contributed by atoms with Crippen LogP contribution in [0.2, 0.25) is 0 Å². The molecule has 0 unspecified atom stereocenters. The summed E-state index contributed by atoms with van der Waals surface area (Å²) in [6.45, 7) is 0.441. The average Bonchev–Trinajstić information content (AvgIpc) is 3.29. The molecule has 4 rings (SSSR count). The molecule has 6 heteroatoms. The number of rotatable bonds is 6. The van der Waals surface area contributed by atoms with Gasteiger partial charge in [-0.05, 0) is 22.8 Å². The van der Waals surface area contributed by atoms with Crippen LogP contribution in [0.25, 0.3) is 16.9 Å². The lowest BCUT2D eigenvalue weighted by Crippen LogP contribution is -2.22. The predicted molar refractivity (Wildman–Crippen MR) is 111 cm³/mol. The number of hydrogen-bond acceptors (Lipinski definition) is 4. The molecule has 0 radical (unpaired) electrons. The molecule has 144 valence electrons. The van der Waals surface area contributed by atoms with Gasteiger partial charge in [-0.25, -0.2) is 9.67 Å². The number of carbonyl (C=O) groups excluding carboxylic acids is 1. The van der Waals surface area contributed by atoms with Gasteiger partial charge in [0.25, 0.3) is 5.91 Å². The van der Waals surface area contributed by atoms with Crippen LogP contribution in [0.3, 0.4) is 0 Å². The Hall–Kier alpha value is -3.93. The molecule has 2 heterocycles. The molecule has 0 aliphatic rings. The largest absolute Gasteiger partial charge is 0.497 e. The maximum Gasteiger partial charge on any atom is 0.254 e. The van der Waals surface area contributed by atoms with Gasteiger partial charge in [0.05, 0.1) is 18.9 Å². The summed E-state index contributed by atoms with van der Waals surface area (Å²) in [5, 5.41) is 7.15. The lowest BCUT2D eigenvalue weighted by atomic mass is 10.0. The monoisotopic (exact) mass is 384 g/mol. The first-order valence-corrected chi connectivity index (χ1v) is 9.20. The Labute approximate surface area is 168 Å². The number of nitrogens with zero attached hydrogens (tertiary/aromatic N) is 3. The molecule has 4 aromatic rings. The number of benzene rings is 2. The van der Waals surface area contributed by atoms with Crippen molar-refractivity contribution >= 4 is 5.91 Å². The van der Waals surface area contributed by atoms with Gasteiger partial charge in [-0.3, -0.25) is 4.79 Å². The first kappa shape index (κ1) is 18.4. The number of hydrogen-bond donors (Lipinski definition) is 1. The zero-order valence-electron chi connectivity index (χ0n) is 15.9. The van der Waals surface area contributed by atoms with Crippen molar-refractivity contribution in [3.05, 3.63) is 96.4 Å². The molecule has 0 aliphatic carbocycles. The Morgan fingerprint density at radius 2 is 1.79 bits per heavy atom. The van der Waals surface area contributed by atoms with Crippen molar-refractivity contribution in [1.29, 1.82) is 0 Å². The smallest absolute Gasteiger partial charge is 0.254 e. The van der Waals surface area contributed by atoms with Crippen LogP contribution in [0.5, 0.6) is 5.75 Å². The lowest BCUT2D eigenvalue weighted by molar-refractivity contribution is 0.0951. The van der Waals surface area contributed by atoms with Crippen molar-refractivity contribution in [2.75, 3.05) is 7.11 Å². The van der Waals surface area contributed by atoms with Crippen molar-refractivity contribution in [3.8, 4) is 22.7 Å². The maximum absolute atomic E-state index is 12.5. The summed E-state index contributed by atoms with van der Waals surface area (Å²) < 4.78 is 6.74. The third-order valence-electron chi connectivity index (χ3n) is 4.55. The molecule has 6 nitrogen and oxygen atoms in total. The lowest BCUT2D eigenvalue weighted by Gasteiger charge is -2.06. The summed E-state index contributed by atoms with van der Waals surface area (Å²) in [5.41, 5.74) is 3.81. The Bertz CT molecular complexity index is 1110. The van der Waals surface area contributed by atoms with Gasteiger partial charge in [-0.1, -0.05) is 54.6 Å². The van der Waals surface area contributed by atoms with Gasteiger partial charge in [0.15, 0.2) is 5.82 Å². The first-order valence-electron chi connectivity index (χ1n) is 9.20. The molecule has 0 saturated carbocycles. The highest BCUT2D eigenvalue weighted by atomic mass is 16.5. The fourth-order valence-electron chi connectivity index (χ4n) is 2.95. The number of nitrogens with one attached hydrogen (secondary N) is 1. The van der Waals surface area contributed by atoms with Crippen LogP contribution in [-0.4, -0.2) is 27.8 Å². The van der Waals surface area contributed by atoms with Crippen LogP contribution in [0, 0.1) is 0 Å². The second-order valence-corrected chi connectivity index (χ2v) is 6.47. The molecule has 2 aromatic carbocycles. The molecule has 1 N–H and O–H groups in total. The number of pyridine rings is 1. The van der Waals surface area contributed by atoms with E-state index >= 15 is 0 Å². The standard InChI is InChI=1S/C23H20N4O2/c1-29-21-11-12-24-22(13-21)27-16-20(15-26-27)23(28)25-14-17-7-9-19(10-8-17)18-5-3-2-4-6-18/h2-13,15-16H,14H2,1H3,(H,25,28). The van der Waals surface area contributed by atoms with E-state index in [4.69, 9.17) is 4.74 Å². The highest BCUT2D eigenvalue weighted by molar-refractivity contribution is 5.93. The first-order chi connectivity index (χ1) is 14.2. The molecule has 2 aromatic heterocycles. The van der Waals surface area contributed by atoms with Gasteiger partial charge in [-0.2, -0.15) is 5.10 Å². The summed E-state index contributed by atoms with van der Waals surface area (Å²) in [6, 6.07) is 21.9. The number of aromatic nitrogens is 3. The minimum absolute atomic E-state index is 0.189. The van der Waals surface area contributed by atoms with Crippen LogP contribution >= 0.6 is 0 Å². The molecule has 29 heavy (non-hydrogen) atoms. The van der Waals surface area contributed by atoms with E-state index in [2.05, 4.69) is 39.7 Å². The Morgan fingerprint density at radius 1 is 1.03 bits per heavy atom. The van der Waals surface area contributed by atoms with E-state index in [-0.39, 0.29) is 5.91 Å². The van der Waals surface area contributed by atoms with E-state index in [1.54, 1.807) is 36.3 Å². The highest BCUT2D eigenvalue weighted by Crippen LogP contribution is 2.19. The molecule has 1 amide bonds. The second-order valence-electron chi connectivity index (χ2n) is 6.47. The average molecular weight is 384 g/mol. The third-order valence-corrected chi connectivity index (χ3v) is 4.55. The van der Waals surface area contributed by atoms with Gasteiger partial charge in [0.1, 0.15) is 5.75 Å². The van der Waals surface area contributed by atoms with Gasteiger partial charge in [-0.15, -0.1) is 0 Å². The van der Waals surface area contributed by atoms with E-state index in [1.807, 2.05) is 30.3 Å². The predicted octanol–water partition coefficient (Wildman–Crippen LogP) is 3.87. The molecular weight excluding hydrogens is 364 g/mol. The minimum atomic E-state index is -0.189. The number of amides is 1. The minimum Gasteiger partial charge on any atom is -0.497 e. The van der Waals surface area contributed by atoms with Crippen molar-refractivity contribution < 1.29 is 9.53 Å². The van der Waals surface area contributed by atoms with Crippen molar-refractivity contribution in [1.82, 2.24) is 20.1 Å². The topological polar surface area (TPSA) is 69.0 Å². The summed E-state index contributed by atoms with van der Waals surface area (Å²) in [7, 11) is 1.59. The third kappa shape index (κ3) is 4.32. The van der Waals surface area contributed by atoms with Crippen molar-refractivity contribution in [2.24, 2.45) is 0 Å². The normalized spacial score (nSPS) is 10.5. The zero-order chi connectivity index (χ0) is 20.1. The summed E-state index contributed by atoms with van der Waals surface area (Å²) in [6.07, 6.45) is 4.80. The van der Waals surface area contributed by atoms with Crippen molar-refractivity contribution in [2.45, 2.75) is 6.54 Å². The Morgan fingerprint density at radius 3 is 2.55 bits per heavy atom. The fourth-order valence-corrected chi connectivity index (χ4v) is 2.95. The number of methoxy groups -OCH3 is 1. The van der Waals surface area contributed by atoms with Crippen LogP contribution < -0.4 is 10.1 Å². The SMILES string of the molecule is COc1ccnc(-n2cc(C(=O)NCc3ccc(-c4ccccc4)cc3)cn2)c1. The number of carbonyl (C=O) groups is 1. The van der Waals surface area contributed by atoms with E-state index in [0.717, 1.165) is 11.1 Å². The summed E-state index contributed by atoms with van der Waals surface area (Å²) in [4.78, 5) is 16.7. The molecular formula is C23H20N4O2. The molecule has 0 saturated heterocycles.